The summed E-state index contributed by atoms with van der Waals surface area (Å²) in [4.78, 5) is 2.04. The molecule has 0 aromatic heterocycles. The van der Waals surface area contributed by atoms with Crippen molar-refractivity contribution >= 4 is 5.69 Å². The lowest BCUT2D eigenvalue weighted by Crippen LogP contribution is -2.36. The molecule has 1 aromatic carbocycles. The van der Waals surface area contributed by atoms with Crippen molar-refractivity contribution in [1.29, 1.82) is 0 Å². The van der Waals surface area contributed by atoms with Gasteiger partial charge in [-0.3, -0.25) is 0 Å². The molecule has 0 radical (unpaired) electrons. The average Bonchev–Trinajstić information content (AvgIpc) is 2.39. The lowest BCUT2D eigenvalue weighted by Gasteiger charge is -2.29. The van der Waals surface area contributed by atoms with Gasteiger partial charge in [0, 0.05) is 18.8 Å². The molecular formula is C12H15F2NO2. The standard InChI is InChI=1S/C12H15F2NO2/c1-16-11-3-2-9(8-10(11)12(13)14)15-4-6-17-7-5-15/h2-3,8,12H,4-7H2,1H3. The second-order valence-corrected chi connectivity index (χ2v) is 3.83. The summed E-state index contributed by atoms with van der Waals surface area (Å²) in [6.07, 6.45) is -2.52. The van der Waals surface area contributed by atoms with E-state index in [1.807, 2.05) is 4.90 Å². The van der Waals surface area contributed by atoms with Gasteiger partial charge in [0.2, 0.25) is 0 Å². The minimum absolute atomic E-state index is 0.0588. The molecule has 3 nitrogen and oxygen atoms in total. The third kappa shape index (κ3) is 2.66. The summed E-state index contributed by atoms with van der Waals surface area (Å²) in [5.74, 6) is 0.233. The minimum Gasteiger partial charge on any atom is -0.496 e. The van der Waals surface area contributed by atoms with Gasteiger partial charge in [0.25, 0.3) is 6.43 Å². The number of rotatable bonds is 3. The van der Waals surface area contributed by atoms with E-state index < -0.39 is 6.43 Å². The van der Waals surface area contributed by atoms with Crippen molar-refractivity contribution in [3.8, 4) is 5.75 Å². The molecule has 94 valence electrons. The third-order valence-electron chi connectivity index (χ3n) is 2.82. The van der Waals surface area contributed by atoms with E-state index in [0.717, 1.165) is 18.8 Å². The van der Waals surface area contributed by atoms with Gasteiger partial charge in [0.05, 0.1) is 25.9 Å². The van der Waals surface area contributed by atoms with Crippen molar-refractivity contribution in [3.63, 3.8) is 0 Å². The molecule has 2 rings (SSSR count). The molecule has 0 unspecified atom stereocenters. The van der Waals surface area contributed by atoms with E-state index in [0.29, 0.717) is 13.2 Å². The van der Waals surface area contributed by atoms with Gasteiger partial charge in [0.1, 0.15) is 5.75 Å². The van der Waals surface area contributed by atoms with Crippen LogP contribution in [0.1, 0.15) is 12.0 Å². The van der Waals surface area contributed by atoms with Crippen LogP contribution in [0.15, 0.2) is 18.2 Å². The van der Waals surface area contributed by atoms with Crippen molar-refractivity contribution in [1.82, 2.24) is 0 Å². The van der Waals surface area contributed by atoms with E-state index in [1.54, 1.807) is 12.1 Å². The molecule has 1 aliphatic rings. The molecule has 1 saturated heterocycles. The van der Waals surface area contributed by atoms with Crippen molar-refractivity contribution in [2.24, 2.45) is 0 Å². The normalized spacial score (nSPS) is 16.4. The van der Waals surface area contributed by atoms with E-state index in [1.165, 1.54) is 13.2 Å². The number of hydrogen-bond donors (Lipinski definition) is 0. The van der Waals surface area contributed by atoms with E-state index in [-0.39, 0.29) is 11.3 Å². The molecule has 0 spiro atoms. The van der Waals surface area contributed by atoms with Gasteiger partial charge in [-0.2, -0.15) is 0 Å². The fourth-order valence-corrected chi connectivity index (χ4v) is 1.91. The molecule has 1 aromatic rings. The minimum atomic E-state index is -2.52. The SMILES string of the molecule is COc1ccc(N2CCOCC2)cc1C(F)F. The van der Waals surface area contributed by atoms with Gasteiger partial charge in [-0.25, -0.2) is 8.78 Å². The van der Waals surface area contributed by atoms with Gasteiger partial charge < -0.3 is 14.4 Å². The largest absolute Gasteiger partial charge is 0.496 e. The fraction of sp³-hybridized carbons (Fsp3) is 0.500. The monoisotopic (exact) mass is 243 g/mol. The second kappa shape index (κ2) is 5.31. The van der Waals surface area contributed by atoms with Crippen molar-refractivity contribution < 1.29 is 18.3 Å². The Kier molecular flexibility index (Phi) is 3.78. The number of methoxy groups -OCH3 is 1. The molecule has 1 aliphatic heterocycles. The number of ether oxygens (including phenoxy) is 2. The highest BCUT2D eigenvalue weighted by molar-refractivity contribution is 5.53. The van der Waals surface area contributed by atoms with Crippen LogP contribution in [0.4, 0.5) is 14.5 Å². The fourth-order valence-electron chi connectivity index (χ4n) is 1.91. The molecule has 0 saturated carbocycles. The predicted octanol–water partition coefficient (Wildman–Crippen LogP) is 2.47. The molecule has 0 bridgehead atoms. The van der Waals surface area contributed by atoms with Gasteiger partial charge in [-0.15, -0.1) is 0 Å². The maximum atomic E-state index is 12.8. The molecule has 0 N–H and O–H groups in total. The summed E-state index contributed by atoms with van der Waals surface area (Å²) in [7, 11) is 1.40. The maximum absolute atomic E-state index is 12.8. The van der Waals surface area contributed by atoms with Crippen LogP contribution in [-0.2, 0) is 4.74 Å². The number of hydrogen-bond acceptors (Lipinski definition) is 3. The van der Waals surface area contributed by atoms with Crippen molar-refractivity contribution in [2.45, 2.75) is 6.43 Å². The first-order chi connectivity index (χ1) is 8.22. The molecule has 1 heterocycles. The zero-order chi connectivity index (χ0) is 12.3. The highest BCUT2D eigenvalue weighted by atomic mass is 19.3. The average molecular weight is 243 g/mol. The van der Waals surface area contributed by atoms with Crippen molar-refractivity contribution in [2.75, 3.05) is 38.3 Å². The van der Waals surface area contributed by atoms with Crippen LogP contribution >= 0.6 is 0 Å². The van der Waals surface area contributed by atoms with Crippen LogP contribution in [0.2, 0.25) is 0 Å². The summed E-state index contributed by atoms with van der Waals surface area (Å²) in [5.41, 5.74) is 0.737. The second-order valence-electron chi connectivity index (χ2n) is 3.83. The number of halogens is 2. The Morgan fingerprint density at radius 3 is 2.59 bits per heavy atom. The molecule has 5 heteroatoms. The van der Waals surface area contributed by atoms with Crippen LogP contribution in [-0.4, -0.2) is 33.4 Å². The first kappa shape index (κ1) is 12.1. The Morgan fingerprint density at radius 2 is 2.00 bits per heavy atom. The Morgan fingerprint density at radius 1 is 1.29 bits per heavy atom. The van der Waals surface area contributed by atoms with Crippen LogP contribution in [0, 0.1) is 0 Å². The maximum Gasteiger partial charge on any atom is 0.267 e. The van der Waals surface area contributed by atoms with Crippen LogP contribution in [0.3, 0.4) is 0 Å². The summed E-state index contributed by atoms with van der Waals surface area (Å²) in [6, 6.07) is 4.89. The van der Waals surface area contributed by atoms with Crippen LogP contribution < -0.4 is 9.64 Å². The Balaban J connectivity index is 2.26. The van der Waals surface area contributed by atoms with Gasteiger partial charge in [0.15, 0.2) is 0 Å². The lowest BCUT2D eigenvalue weighted by atomic mass is 10.1. The quantitative estimate of drug-likeness (QED) is 0.814. The number of benzene rings is 1. The zero-order valence-electron chi connectivity index (χ0n) is 9.66. The van der Waals surface area contributed by atoms with Crippen LogP contribution in [0.25, 0.3) is 0 Å². The molecule has 0 aliphatic carbocycles. The van der Waals surface area contributed by atoms with Crippen LogP contribution in [0.5, 0.6) is 5.75 Å². The van der Waals surface area contributed by atoms with Gasteiger partial charge in [-0.05, 0) is 18.2 Å². The first-order valence-corrected chi connectivity index (χ1v) is 5.51. The third-order valence-corrected chi connectivity index (χ3v) is 2.82. The van der Waals surface area contributed by atoms with E-state index >= 15 is 0 Å². The summed E-state index contributed by atoms with van der Waals surface area (Å²) >= 11 is 0. The predicted molar refractivity (Wildman–Crippen MR) is 61.0 cm³/mol. The highest BCUT2D eigenvalue weighted by Crippen LogP contribution is 2.32. The van der Waals surface area contributed by atoms with Gasteiger partial charge >= 0.3 is 0 Å². The summed E-state index contributed by atoms with van der Waals surface area (Å²) < 4.78 is 35.8. The Hall–Kier alpha value is -1.36. The number of alkyl halides is 2. The molecule has 1 fully saturated rings. The number of anilines is 1. The number of morpholine rings is 1. The van der Waals surface area contributed by atoms with E-state index in [4.69, 9.17) is 9.47 Å². The Labute approximate surface area is 98.9 Å². The Bertz CT molecular complexity index is 379. The molecule has 0 amide bonds. The number of nitrogens with zero attached hydrogens (tertiary/aromatic N) is 1. The van der Waals surface area contributed by atoms with Gasteiger partial charge in [-0.1, -0.05) is 0 Å². The summed E-state index contributed by atoms with van der Waals surface area (Å²) in [6.45, 7) is 2.73. The smallest absolute Gasteiger partial charge is 0.267 e. The highest BCUT2D eigenvalue weighted by Gasteiger charge is 2.17. The van der Waals surface area contributed by atoms with Crippen molar-refractivity contribution in [3.05, 3.63) is 23.8 Å². The zero-order valence-corrected chi connectivity index (χ0v) is 9.66. The summed E-state index contributed by atoms with van der Waals surface area (Å²) in [5, 5.41) is 0. The van der Waals surface area contributed by atoms with E-state index in [9.17, 15) is 8.78 Å². The topological polar surface area (TPSA) is 21.7 Å². The first-order valence-electron chi connectivity index (χ1n) is 5.51. The molecular weight excluding hydrogens is 228 g/mol. The molecule has 0 atom stereocenters. The van der Waals surface area contributed by atoms with E-state index in [2.05, 4.69) is 0 Å². The molecule has 17 heavy (non-hydrogen) atoms. The lowest BCUT2D eigenvalue weighted by molar-refractivity contribution is 0.122.